The number of rotatable bonds is 3. The second-order valence-electron chi connectivity index (χ2n) is 5.33. The molecule has 5 heteroatoms. The third kappa shape index (κ3) is 2.77. The Kier molecular flexibility index (Phi) is 4.14. The minimum atomic E-state index is -0.582. The van der Waals surface area contributed by atoms with E-state index in [1.54, 1.807) is 4.90 Å². The molecule has 0 aliphatic carbocycles. The van der Waals surface area contributed by atoms with Crippen molar-refractivity contribution in [3.05, 3.63) is 0 Å². The van der Waals surface area contributed by atoms with Gasteiger partial charge in [-0.25, -0.2) is 0 Å². The molecule has 1 rings (SSSR count). The molecule has 1 aliphatic heterocycles. The van der Waals surface area contributed by atoms with Crippen molar-refractivity contribution in [1.29, 1.82) is 0 Å². The van der Waals surface area contributed by atoms with Gasteiger partial charge in [0.2, 0.25) is 5.91 Å². The molecule has 0 saturated carbocycles. The van der Waals surface area contributed by atoms with Gasteiger partial charge in [-0.15, -0.1) is 0 Å². The maximum absolute atomic E-state index is 12.0. The van der Waals surface area contributed by atoms with Crippen LogP contribution in [-0.4, -0.2) is 43.0 Å². The van der Waals surface area contributed by atoms with Gasteiger partial charge in [0.1, 0.15) is 0 Å². The molecule has 2 atom stereocenters. The second-order valence-corrected chi connectivity index (χ2v) is 5.33. The van der Waals surface area contributed by atoms with Crippen LogP contribution in [0.5, 0.6) is 0 Å². The van der Waals surface area contributed by atoms with Gasteiger partial charge in [0.05, 0.1) is 18.6 Å². The zero-order valence-corrected chi connectivity index (χ0v) is 11.0. The fourth-order valence-corrected chi connectivity index (χ4v) is 2.06. The predicted octanol–water partition coefficient (Wildman–Crippen LogP) is 0.381. The second kappa shape index (κ2) is 5.04. The van der Waals surface area contributed by atoms with Gasteiger partial charge in [0, 0.05) is 13.1 Å². The van der Waals surface area contributed by atoms with E-state index in [9.17, 15) is 9.59 Å². The van der Waals surface area contributed by atoms with Gasteiger partial charge in [-0.05, 0) is 19.3 Å². The molecule has 1 saturated heterocycles. The Bertz CT molecular complexity index is 317. The van der Waals surface area contributed by atoms with Crippen LogP contribution >= 0.6 is 0 Å². The van der Waals surface area contributed by atoms with Crippen LogP contribution in [0.15, 0.2) is 0 Å². The number of carbonyl (C=O) groups excluding carboxylic acids is 2. The summed E-state index contributed by atoms with van der Waals surface area (Å²) in [6, 6.07) is -0.491. The maximum Gasteiger partial charge on any atom is 0.313 e. The number of hydrogen-bond donors (Lipinski definition) is 1. The number of likely N-dealkylation sites (tertiary alicyclic amines) is 1. The van der Waals surface area contributed by atoms with Crippen molar-refractivity contribution in [1.82, 2.24) is 4.90 Å². The van der Waals surface area contributed by atoms with Gasteiger partial charge in [-0.2, -0.15) is 0 Å². The summed E-state index contributed by atoms with van der Waals surface area (Å²) in [6.07, 6.45) is 0.635. The molecule has 17 heavy (non-hydrogen) atoms. The summed E-state index contributed by atoms with van der Waals surface area (Å²) in [4.78, 5) is 25.3. The summed E-state index contributed by atoms with van der Waals surface area (Å²) in [7, 11) is 1.37. The fourth-order valence-electron chi connectivity index (χ4n) is 2.06. The molecule has 0 spiro atoms. The van der Waals surface area contributed by atoms with Crippen LogP contribution in [0.2, 0.25) is 0 Å². The summed E-state index contributed by atoms with van der Waals surface area (Å²) in [5.41, 5.74) is 5.25. The van der Waals surface area contributed by atoms with Gasteiger partial charge >= 0.3 is 5.97 Å². The molecule has 0 aromatic carbocycles. The number of amides is 1. The lowest BCUT2D eigenvalue weighted by Crippen LogP contribution is -2.46. The largest absolute Gasteiger partial charge is 0.469 e. The van der Waals surface area contributed by atoms with Crippen LogP contribution in [0.1, 0.15) is 27.2 Å². The summed E-state index contributed by atoms with van der Waals surface area (Å²) in [5.74, 6) is -0.231. The molecule has 2 N–H and O–H groups in total. The SMILES string of the molecule is COC(=O)C1(C)CCN(C(=O)[C@@H](N)C(C)C)C1. The number of esters is 1. The molecule has 0 aromatic heterocycles. The molecule has 0 aromatic rings. The van der Waals surface area contributed by atoms with Crippen molar-refractivity contribution < 1.29 is 14.3 Å². The summed E-state index contributed by atoms with van der Waals surface area (Å²) in [6.45, 7) is 6.63. The number of methoxy groups -OCH3 is 1. The average Bonchev–Trinajstić information content (AvgIpc) is 2.70. The Morgan fingerprint density at radius 3 is 2.47 bits per heavy atom. The van der Waals surface area contributed by atoms with E-state index in [2.05, 4.69) is 0 Å². The van der Waals surface area contributed by atoms with E-state index in [4.69, 9.17) is 10.5 Å². The van der Waals surface area contributed by atoms with Crippen LogP contribution in [0.3, 0.4) is 0 Å². The normalized spacial score (nSPS) is 26.1. The molecule has 1 aliphatic rings. The van der Waals surface area contributed by atoms with Crippen molar-refractivity contribution in [3.8, 4) is 0 Å². The van der Waals surface area contributed by atoms with Crippen molar-refractivity contribution in [2.24, 2.45) is 17.1 Å². The third-order valence-electron chi connectivity index (χ3n) is 3.47. The molecule has 98 valence electrons. The van der Waals surface area contributed by atoms with Gasteiger partial charge in [-0.1, -0.05) is 13.8 Å². The zero-order valence-electron chi connectivity index (χ0n) is 11.0. The van der Waals surface area contributed by atoms with E-state index >= 15 is 0 Å². The molecule has 1 amide bonds. The van der Waals surface area contributed by atoms with Crippen LogP contribution in [-0.2, 0) is 14.3 Å². The van der Waals surface area contributed by atoms with Crippen LogP contribution in [0, 0.1) is 11.3 Å². The number of hydrogen-bond acceptors (Lipinski definition) is 4. The van der Waals surface area contributed by atoms with Gasteiger partial charge in [-0.3, -0.25) is 9.59 Å². The Morgan fingerprint density at radius 1 is 1.41 bits per heavy atom. The minimum absolute atomic E-state index is 0.0763. The van der Waals surface area contributed by atoms with Crippen molar-refractivity contribution in [2.75, 3.05) is 20.2 Å². The highest BCUT2D eigenvalue weighted by Crippen LogP contribution is 2.31. The first-order valence-electron chi connectivity index (χ1n) is 5.94. The highest BCUT2D eigenvalue weighted by atomic mass is 16.5. The molecule has 1 unspecified atom stereocenters. The quantitative estimate of drug-likeness (QED) is 0.726. The smallest absolute Gasteiger partial charge is 0.313 e. The Balaban J connectivity index is 2.68. The summed E-state index contributed by atoms with van der Waals surface area (Å²) < 4.78 is 4.76. The lowest BCUT2D eigenvalue weighted by molar-refractivity contribution is -0.151. The van der Waals surface area contributed by atoms with Gasteiger partial charge in [0.15, 0.2) is 0 Å². The first kappa shape index (κ1) is 14.0. The standard InChI is InChI=1S/C12H22N2O3/c1-8(2)9(13)10(15)14-6-5-12(3,7-14)11(16)17-4/h8-9H,5-7,13H2,1-4H3/t9-,12?/m0/s1. The number of carbonyl (C=O) groups is 2. The third-order valence-corrected chi connectivity index (χ3v) is 3.47. The molecule has 0 bridgehead atoms. The number of nitrogens with zero attached hydrogens (tertiary/aromatic N) is 1. The number of nitrogens with two attached hydrogens (primary N) is 1. The lowest BCUT2D eigenvalue weighted by Gasteiger charge is -2.25. The van der Waals surface area contributed by atoms with Crippen LogP contribution < -0.4 is 5.73 Å². The highest BCUT2D eigenvalue weighted by Gasteiger charge is 2.43. The van der Waals surface area contributed by atoms with E-state index in [-0.39, 0.29) is 17.8 Å². The van der Waals surface area contributed by atoms with E-state index in [1.807, 2.05) is 20.8 Å². The van der Waals surface area contributed by atoms with Crippen molar-refractivity contribution in [3.63, 3.8) is 0 Å². The lowest BCUT2D eigenvalue weighted by atomic mass is 9.90. The molecular formula is C12H22N2O3. The molecule has 1 heterocycles. The maximum atomic E-state index is 12.0. The average molecular weight is 242 g/mol. The van der Waals surface area contributed by atoms with Crippen molar-refractivity contribution in [2.45, 2.75) is 33.2 Å². The first-order valence-corrected chi connectivity index (χ1v) is 5.94. The van der Waals surface area contributed by atoms with Gasteiger partial charge in [0.25, 0.3) is 0 Å². The highest BCUT2D eigenvalue weighted by molar-refractivity contribution is 5.84. The molecular weight excluding hydrogens is 220 g/mol. The number of ether oxygens (including phenoxy) is 1. The van der Waals surface area contributed by atoms with Crippen LogP contribution in [0.25, 0.3) is 0 Å². The monoisotopic (exact) mass is 242 g/mol. The topological polar surface area (TPSA) is 72.6 Å². The van der Waals surface area contributed by atoms with E-state index < -0.39 is 11.5 Å². The Labute approximate surface area is 102 Å². The summed E-state index contributed by atoms with van der Waals surface area (Å²) in [5, 5.41) is 0. The Hall–Kier alpha value is -1.10. The fraction of sp³-hybridized carbons (Fsp3) is 0.833. The van der Waals surface area contributed by atoms with E-state index in [1.165, 1.54) is 7.11 Å². The van der Waals surface area contributed by atoms with E-state index in [0.29, 0.717) is 19.5 Å². The molecule has 1 fully saturated rings. The first-order chi connectivity index (χ1) is 7.81. The van der Waals surface area contributed by atoms with Crippen LogP contribution in [0.4, 0.5) is 0 Å². The predicted molar refractivity (Wildman–Crippen MR) is 64.1 cm³/mol. The van der Waals surface area contributed by atoms with E-state index in [0.717, 1.165) is 0 Å². The van der Waals surface area contributed by atoms with Gasteiger partial charge < -0.3 is 15.4 Å². The molecule has 0 radical (unpaired) electrons. The zero-order chi connectivity index (χ0) is 13.2. The minimum Gasteiger partial charge on any atom is -0.469 e. The summed E-state index contributed by atoms with van der Waals surface area (Å²) >= 11 is 0. The Morgan fingerprint density at radius 2 is 2.00 bits per heavy atom. The molecule has 5 nitrogen and oxygen atoms in total. The van der Waals surface area contributed by atoms with Crippen molar-refractivity contribution >= 4 is 11.9 Å².